The van der Waals surface area contributed by atoms with Crippen LogP contribution in [-0.2, 0) is 11.2 Å². The minimum absolute atomic E-state index is 0.0220. The normalized spacial score (nSPS) is 12.5. The molecule has 0 spiro atoms. The van der Waals surface area contributed by atoms with E-state index in [1.807, 2.05) is 19.1 Å². The molecule has 0 aromatic heterocycles. The van der Waals surface area contributed by atoms with Crippen LogP contribution in [0.15, 0.2) is 18.2 Å². The first kappa shape index (κ1) is 13.4. The Hall–Kier alpha value is -2.04. The molecule has 0 saturated carbocycles. The summed E-state index contributed by atoms with van der Waals surface area (Å²) < 4.78 is 0. The molecule has 0 aliphatic carbocycles. The predicted octanol–water partition coefficient (Wildman–Crippen LogP) is 0.911. The monoisotopic (exact) mass is 261 g/mol. The zero-order valence-electron chi connectivity index (χ0n) is 11.1. The molecule has 0 fully saturated rings. The minimum atomic E-state index is -0.207. The van der Waals surface area contributed by atoms with Crippen LogP contribution in [0.3, 0.4) is 0 Å². The fourth-order valence-electron chi connectivity index (χ4n) is 2.04. The molecule has 2 rings (SSSR count). The maximum Gasteiger partial charge on any atom is 0.251 e. The van der Waals surface area contributed by atoms with Crippen molar-refractivity contribution in [1.82, 2.24) is 10.6 Å². The van der Waals surface area contributed by atoms with Crippen molar-refractivity contribution in [2.24, 2.45) is 0 Å². The minimum Gasteiger partial charge on any atom is -0.384 e. The molecule has 5 heteroatoms. The highest BCUT2D eigenvalue weighted by atomic mass is 16.2. The van der Waals surface area contributed by atoms with Gasteiger partial charge in [0.15, 0.2) is 0 Å². The summed E-state index contributed by atoms with van der Waals surface area (Å²) in [4.78, 5) is 23.3. The van der Waals surface area contributed by atoms with Gasteiger partial charge < -0.3 is 16.0 Å². The Balaban J connectivity index is 1.88. The molecule has 3 N–H and O–H groups in total. The van der Waals surface area contributed by atoms with Crippen molar-refractivity contribution in [3.63, 3.8) is 0 Å². The van der Waals surface area contributed by atoms with E-state index < -0.39 is 0 Å². The molecule has 0 atom stereocenters. The van der Waals surface area contributed by atoms with Crippen molar-refractivity contribution in [3.8, 4) is 0 Å². The number of carbonyl (C=O) groups excluding carboxylic acids is 2. The van der Waals surface area contributed by atoms with Gasteiger partial charge >= 0.3 is 0 Å². The number of hydrogen-bond donors (Lipinski definition) is 3. The van der Waals surface area contributed by atoms with Gasteiger partial charge in [-0.1, -0.05) is 6.92 Å². The molecule has 0 bridgehead atoms. The number of hydrogen-bond acceptors (Lipinski definition) is 3. The Morgan fingerprint density at radius 3 is 2.95 bits per heavy atom. The molecular formula is C14H19N3O2. The highest BCUT2D eigenvalue weighted by Gasteiger charge is 2.13. The molecule has 0 saturated heterocycles. The summed E-state index contributed by atoms with van der Waals surface area (Å²) in [6, 6.07) is 5.57. The average molecular weight is 261 g/mol. The van der Waals surface area contributed by atoms with Crippen molar-refractivity contribution in [2.75, 3.05) is 25.0 Å². The summed E-state index contributed by atoms with van der Waals surface area (Å²) in [6.45, 7) is 3.56. The van der Waals surface area contributed by atoms with Crippen molar-refractivity contribution in [3.05, 3.63) is 29.3 Å². The number of carbonyl (C=O) groups is 2. The lowest BCUT2D eigenvalue weighted by Gasteiger charge is -2.07. The van der Waals surface area contributed by atoms with Crippen LogP contribution in [0.2, 0.25) is 0 Å². The van der Waals surface area contributed by atoms with Crippen molar-refractivity contribution in [2.45, 2.75) is 19.8 Å². The highest BCUT2D eigenvalue weighted by molar-refractivity contribution is 5.97. The average Bonchev–Trinajstić information content (AvgIpc) is 2.89. The van der Waals surface area contributed by atoms with Gasteiger partial charge in [0.05, 0.1) is 6.54 Å². The van der Waals surface area contributed by atoms with Gasteiger partial charge in [-0.2, -0.15) is 0 Å². The first-order valence-corrected chi connectivity index (χ1v) is 6.62. The van der Waals surface area contributed by atoms with Gasteiger partial charge in [0.1, 0.15) is 0 Å². The number of fused-ring (bicyclic) bond motifs is 1. The Labute approximate surface area is 112 Å². The molecule has 0 unspecified atom stereocenters. The highest BCUT2D eigenvalue weighted by Crippen LogP contribution is 2.22. The molecule has 19 heavy (non-hydrogen) atoms. The Morgan fingerprint density at radius 1 is 1.32 bits per heavy atom. The maximum absolute atomic E-state index is 11.9. The van der Waals surface area contributed by atoms with Gasteiger partial charge in [-0.25, -0.2) is 0 Å². The first-order valence-electron chi connectivity index (χ1n) is 6.62. The Morgan fingerprint density at radius 2 is 2.16 bits per heavy atom. The topological polar surface area (TPSA) is 70.2 Å². The third-order valence-electron chi connectivity index (χ3n) is 3.06. The molecule has 1 aromatic rings. The van der Waals surface area contributed by atoms with Crippen molar-refractivity contribution in [1.29, 1.82) is 0 Å². The van der Waals surface area contributed by atoms with Crippen molar-refractivity contribution >= 4 is 17.5 Å². The summed E-state index contributed by atoms with van der Waals surface area (Å²) in [7, 11) is 0. The second kappa shape index (κ2) is 6.22. The lowest BCUT2D eigenvalue weighted by atomic mass is 10.1. The number of benzene rings is 1. The van der Waals surface area contributed by atoms with Gasteiger partial charge in [0, 0.05) is 24.3 Å². The largest absolute Gasteiger partial charge is 0.384 e. The summed E-state index contributed by atoms with van der Waals surface area (Å²) >= 11 is 0. The van der Waals surface area contributed by atoms with E-state index in [-0.39, 0.29) is 18.4 Å². The van der Waals surface area contributed by atoms with Gasteiger partial charge in [-0.3, -0.25) is 9.59 Å². The smallest absolute Gasteiger partial charge is 0.251 e. The zero-order chi connectivity index (χ0) is 13.7. The lowest BCUT2D eigenvalue weighted by Crippen LogP contribution is -2.37. The summed E-state index contributed by atoms with van der Waals surface area (Å²) in [5, 5.41) is 8.59. The molecule has 1 heterocycles. The molecule has 0 radical (unpaired) electrons. The third-order valence-corrected chi connectivity index (χ3v) is 3.06. The Bertz CT molecular complexity index is 486. The lowest BCUT2D eigenvalue weighted by molar-refractivity contribution is -0.120. The fourth-order valence-corrected chi connectivity index (χ4v) is 2.04. The molecule has 1 aliphatic heterocycles. The second-order valence-electron chi connectivity index (χ2n) is 4.58. The molecular weight excluding hydrogens is 242 g/mol. The number of nitrogens with one attached hydrogen (secondary N) is 3. The molecule has 1 aromatic carbocycles. The van der Waals surface area contributed by atoms with E-state index in [4.69, 9.17) is 0 Å². The standard InChI is InChI=1S/C14H19N3O2/c1-2-6-16-13(18)9-17-14(19)11-3-4-12-10(8-11)5-7-15-12/h3-4,8,15H,2,5-7,9H2,1H3,(H,16,18)(H,17,19). The Kier molecular flexibility index (Phi) is 4.39. The fraction of sp³-hybridized carbons (Fsp3) is 0.429. The van der Waals surface area contributed by atoms with Crippen LogP contribution in [-0.4, -0.2) is 31.4 Å². The van der Waals surface area contributed by atoms with Crippen LogP contribution >= 0.6 is 0 Å². The summed E-state index contributed by atoms with van der Waals surface area (Å²) in [5.74, 6) is -0.362. The van der Waals surface area contributed by atoms with E-state index in [1.165, 1.54) is 0 Å². The summed E-state index contributed by atoms with van der Waals surface area (Å²) in [5.41, 5.74) is 2.85. The summed E-state index contributed by atoms with van der Waals surface area (Å²) in [6.07, 6.45) is 1.82. The van der Waals surface area contributed by atoms with Crippen LogP contribution in [0.1, 0.15) is 29.3 Å². The number of anilines is 1. The quantitative estimate of drug-likeness (QED) is 0.738. The van der Waals surface area contributed by atoms with Crippen LogP contribution < -0.4 is 16.0 Å². The zero-order valence-corrected chi connectivity index (χ0v) is 11.1. The van der Waals surface area contributed by atoms with Crippen molar-refractivity contribution < 1.29 is 9.59 Å². The van der Waals surface area contributed by atoms with Crippen LogP contribution in [0, 0.1) is 0 Å². The first-order chi connectivity index (χ1) is 9.20. The number of amides is 2. The van der Waals surface area contributed by atoms with Crippen LogP contribution in [0.5, 0.6) is 0 Å². The van der Waals surface area contributed by atoms with E-state index in [9.17, 15) is 9.59 Å². The molecule has 5 nitrogen and oxygen atoms in total. The molecule has 2 amide bonds. The molecule has 102 valence electrons. The van der Waals surface area contributed by atoms with Gasteiger partial charge in [0.2, 0.25) is 5.91 Å². The third kappa shape index (κ3) is 3.47. The van der Waals surface area contributed by atoms with Crippen LogP contribution in [0.4, 0.5) is 5.69 Å². The predicted molar refractivity (Wildman–Crippen MR) is 74.3 cm³/mol. The van der Waals surface area contributed by atoms with E-state index in [2.05, 4.69) is 16.0 Å². The van der Waals surface area contributed by atoms with E-state index >= 15 is 0 Å². The van der Waals surface area contributed by atoms with Crippen LogP contribution in [0.25, 0.3) is 0 Å². The van der Waals surface area contributed by atoms with Gasteiger partial charge in [-0.05, 0) is 36.6 Å². The maximum atomic E-state index is 11.9. The van der Waals surface area contributed by atoms with Gasteiger partial charge in [0.25, 0.3) is 5.91 Å². The van der Waals surface area contributed by atoms with E-state index in [0.29, 0.717) is 12.1 Å². The molecule has 1 aliphatic rings. The second-order valence-corrected chi connectivity index (χ2v) is 4.58. The SMILES string of the molecule is CCCNC(=O)CNC(=O)c1ccc2c(c1)CCN2. The van der Waals surface area contributed by atoms with E-state index in [0.717, 1.165) is 30.6 Å². The van der Waals surface area contributed by atoms with Gasteiger partial charge in [-0.15, -0.1) is 0 Å². The van der Waals surface area contributed by atoms with E-state index in [1.54, 1.807) is 6.07 Å². The number of rotatable bonds is 5.